The first-order valence-electron chi connectivity index (χ1n) is 17.7. The number of ether oxygens (including phenoxy) is 4. The Hall–Kier alpha value is -4.73. The topological polar surface area (TPSA) is 122 Å². The van der Waals surface area contributed by atoms with Crippen molar-refractivity contribution in [3.8, 4) is 5.75 Å². The van der Waals surface area contributed by atoms with Crippen molar-refractivity contribution in [3.05, 3.63) is 122 Å². The van der Waals surface area contributed by atoms with Crippen LogP contribution in [0.1, 0.15) is 80.9 Å². The van der Waals surface area contributed by atoms with Gasteiger partial charge in [-0.25, -0.2) is 9.59 Å². The zero-order chi connectivity index (χ0) is 36.1. The summed E-state index contributed by atoms with van der Waals surface area (Å²) >= 11 is 0. The molecule has 9 heteroatoms. The molecule has 0 saturated carbocycles. The molecule has 1 aromatic heterocycles. The lowest BCUT2D eigenvalue weighted by Gasteiger charge is -2.43. The van der Waals surface area contributed by atoms with Crippen molar-refractivity contribution in [2.75, 3.05) is 13.4 Å². The van der Waals surface area contributed by atoms with Gasteiger partial charge in [0.05, 0.1) is 12.2 Å². The van der Waals surface area contributed by atoms with Gasteiger partial charge < -0.3 is 28.5 Å². The summed E-state index contributed by atoms with van der Waals surface area (Å²) < 4.78 is 30.2. The van der Waals surface area contributed by atoms with Crippen molar-refractivity contribution in [2.45, 2.75) is 90.4 Å². The van der Waals surface area contributed by atoms with E-state index < -0.39 is 42.2 Å². The van der Waals surface area contributed by atoms with Crippen molar-refractivity contribution in [1.82, 2.24) is 0 Å². The van der Waals surface area contributed by atoms with Crippen LogP contribution >= 0.6 is 0 Å². The third-order valence-corrected chi connectivity index (χ3v) is 9.89. The molecule has 0 unspecified atom stereocenters. The highest BCUT2D eigenvalue weighted by Crippen LogP contribution is 2.47. The zero-order valence-electron chi connectivity index (χ0n) is 29.7. The summed E-state index contributed by atoms with van der Waals surface area (Å²) in [5.41, 5.74) is 3.98. The van der Waals surface area contributed by atoms with E-state index in [-0.39, 0.29) is 30.9 Å². The van der Waals surface area contributed by atoms with E-state index in [4.69, 9.17) is 28.5 Å². The molecule has 4 heterocycles. The van der Waals surface area contributed by atoms with Gasteiger partial charge in [0.25, 0.3) is 0 Å². The van der Waals surface area contributed by atoms with Crippen molar-refractivity contribution < 1.29 is 38.1 Å². The highest BCUT2D eigenvalue weighted by Gasteiger charge is 2.50. The minimum atomic E-state index is -1.13. The summed E-state index contributed by atoms with van der Waals surface area (Å²) in [6.07, 6.45) is 1.54. The first kappa shape index (κ1) is 36.1. The van der Waals surface area contributed by atoms with E-state index in [2.05, 4.69) is 36.4 Å². The third-order valence-electron chi connectivity index (χ3n) is 9.89. The minimum absolute atomic E-state index is 0.0313. The fraction of sp³-hybridized carbons (Fsp3) is 0.405. The highest BCUT2D eigenvalue weighted by atomic mass is 16.6. The number of allylic oxidation sites excluding steroid dienone is 1. The molecule has 0 fully saturated rings. The van der Waals surface area contributed by atoms with Gasteiger partial charge >= 0.3 is 17.6 Å². The minimum Gasteiger partial charge on any atom is -0.483 e. The van der Waals surface area contributed by atoms with E-state index in [1.807, 2.05) is 32.0 Å². The summed E-state index contributed by atoms with van der Waals surface area (Å²) in [7, 11) is 0. The Bertz CT molecular complexity index is 1950. The van der Waals surface area contributed by atoms with Crippen LogP contribution in [0.25, 0.3) is 11.0 Å². The Morgan fingerprint density at radius 3 is 2.35 bits per heavy atom. The van der Waals surface area contributed by atoms with E-state index in [0.29, 0.717) is 47.1 Å². The molecule has 3 aliphatic rings. The predicted octanol–water partition coefficient (Wildman–Crippen LogP) is 7.13. The van der Waals surface area contributed by atoms with Gasteiger partial charge in [-0.1, -0.05) is 60.2 Å². The number of aliphatic hydroxyl groups excluding tert-OH is 1. The Morgan fingerprint density at radius 2 is 1.63 bits per heavy atom. The number of fused-ring (bicyclic) bond motifs is 13. The molecule has 0 aliphatic carbocycles. The molecule has 0 radical (unpaired) electrons. The van der Waals surface area contributed by atoms with E-state index in [1.165, 1.54) is 5.56 Å². The number of carbonyl (C=O) groups excluding carboxylic acids is 2. The summed E-state index contributed by atoms with van der Waals surface area (Å²) in [5.74, 6) is -0.630. The second-order valence-corrected chi connectivity index (χ2v) is 14.3. The van der Waals surface area contributed by atoms with Crippen LogP contribution in [0.4, 0.5) is 0 Å². The fourth-order valence-corrected chi connectivity index (χ4v) is 7.10. The van der Waals surface area contributed by atoms with Gasteiger partial charge in [-0.05, 0) is 101 Å². The van der Waals surface area contributed by atoms with Crippen LogP contribution in [0.3, 0.4) is 0 Å². The normalized spacial score (nSPS) is 20.6. The number of hydrogen-bond acceptors (Lipinski definition) is 9. The van der Waals surface area contributed by atoms with Crippen LogP contribution in [0.2, 0.25) is 0 Å². The molecule has 0 spiro atoms. The molecule has 1 N–H and O–H groups in total. The van der Waals surface area contributed by atoms with E-state index in [9.17, 15) is 14.4 Å². The predicted molar refractivity (Wildman–Crippen MR) is 192 cm³/mol. The average Bonchev–Trinajstić information content (AvgIpc) is 3.09. The second-order valence-electron chi connectivity index (χ2n) is 14.3. The maximum Gasteiger partial charge on any atom is 0.339 e. The average molecular weight is 695 g/mol. The largest absolute Gasteiger partial charge is 0.483 e. The van der Waals surface area contributed by atoms with Crippen LogP contribution < -0.4 is 10.4 Å². The van der Waals surface area contributed by atoms with Gasteiger partial charge in [-0.15, -0.1) is 0 Å². The Morgan fingerprint density at radius 1 is 0.882 bits per heavy atom. The Labute approximate surface area is 298 Å². The summed E-state index contributed by atoms with van der Waals surface area (Å²) in [6, 6.07) is 23.8. The quantitative estimate of drug-likeness (QED) is 0.0708. The SMILES string of the molecule is CC(C)=C1CCc2ccc(cc2)C[C@H](CCc2ccccc2)CC(=O)O[C@@H]2c3c(ccc4cc(CCOCO)c(=O)oc34)OC(C)(C)[C@H]2OC1=O. The monoisotopic (exact) mass is 694 g/mol. The molecule has 51 heavy (non-hydrogen) atoms. The summed E-state index contributed by atoms with van der Waals surface area (Å²) in [6.45, 7) is 7.03. The lowest BCUT2D eigenvalue weighted by Crippen LogP contribution is -2.52. The molecule has 2 bridgehead atoms. The lowest BCUT2D eigenvalue weighted by atomic mass is 9.86. The number of carbonyl (C=O) groups is 2. The number of benzene rings is 3. The number of hydrogen-bond donors (Lipinski definition) is 1. The highest BCUT2D eigenvalue weighted by molar-refractivity contribution is 5.90. The molecule has 4 aromatic rings. The van der Waals surface area contributed by atoms with Gasteiger partial charge in [-0.3, -0.25) is 4.79 Å². The van der Waals surface area contributed by atoms with Crippen molar-refractivity contribution in [3.63, 3.8) is 0 Å². The van der Waals surface area contributed by atoms with Gasteiger partial charge in [-0.2, -0.15) is 0 Å². The smallest absolute Gasteiger partial charge is 0.339 e. The van der Waals surface area contributed by atoms with E-state index in [0.717, 1.165) is 29.5 Å². The van der Waals surface area contributed by atoms with Crippen LogP contribution in [0.5, 0.6) is 5.75 Å². The molecule has 3 aromatic carbocycles. The van der Waals surface area contributed by atoms with Gasteiger partial charge in [0.2, 0.25) is 0 Å². The number of aliphatic hydroxyl groups is 1. The number of rotatable bonds is 7. The Kier molecular flexibility index (Phi) is 11.1. The Balaban J connectivity index is 1.43. The molecular weight excluding hydrogens is 648 g/mol. The van der Waals surface area contributed by atoms with E-state index in [1.54, 1.807) is 32.0 Å². The molecule has 7 rings (SSSR count). The van der Waals surface area contributed by atoms with Crippen LogP contribution in [-0.2, 0) is 49.5 Å². The van der Waals surface area contributed by atoms with Crippen molar-refractivity contribution in [2.24, 2.45) is 5.92 Å². The van der Waals surface area contributed by atoms with Crippen molar-refractivity contribution in [1.29, 1.82) is 0 Å². The van der Waals surface area contributed by atoms with E-state index >= 15 is 0 Å². The lowest BCUT2D eigenvalue weighted by molar-refractivity contribution is -0.188. The summed E-state index contributed by atoms with van der Waals surface area (Å²) in [4.78, 5) is 41.4. The van der Waals surface area contributed by atoms with Crippen LogP contribution in [-0.4, -0.2) is 42.1 Å². The van der Waals surface area contributed by atoms with Crippen LogP contribution in [0.15, 0.2) is 93.2 Å². The fourth-order valence-electron chi connectivity index (χ4n) is 7.10. The van der Waals surface area contributed by atoms with Crippen LogP contribution in [0, 0.1) is 5.92 Å². The molecule has 9 nitrogen and oxygen atoms in total. The van der Waals surface area contributed by atoms with Gasteiger partial charge in [0, 0.05) is 29.4 Å². The summed E-state index contributed by atoms with van der Waals surface area (Å²) in [5, 5.41) is 9.61. The molecule has 0 amide bonds. The molecule has 3 atom stereocenters. The first-order chi connectivity index (χ1) is 24.5. The molecular formula is C42H46O9. The molecule has 3 aliphatic heterocycles. The standard InChI is InChI=1S/C42H46O9/c1-26(2)33-18-16-28-10-13-29(14-11-28)22-30(15-12-27-8-6-5-7-9-27)23-35(44)48-38-36-34(51-42(3,4)39(38)50-41(33)46)19-17-31-24-32(20-21-47-25-43)40(45)49-37(31)36/h5-11,13-14,17,19,24,30,38-39,43H,12,15-16,18,20-23,25H2,1-4H3/t30-,38+,39-/m0/s1. The molecule has 0 saturated heterocycles. The molecule has 268 valence electrons. The van der Waals surface area contributed by atoms with Gasteiger partial charge in [0.1, 0.15) is 23.7 Å². The maximum atomic E-state index is 14.1. The second kappa shape index (κ2) is 15.7. The maximum absolute atomic E-state index is 14.1. The van der Waals surface area contributed by atoms with Crippen molar-refractivity contribution >= 4 is 22.9 Å². The third kappa shape index (κ3) is 8.43. The van der Waals surface area contributed by atoms with Gasteiger partial charge in [0.15, 0.2) is 12.2 Å². The number of esters is 2. The number of aryl methyl sites for hydroxylation is 2. The first-order valence-corrected chi connectivity index (χ1v) is 17.7. The zero-order valence-corrected chi connectivity index (χ0v) is 29.7.